The van der Waals surface area contributed by atoms with E-state index in [4.69, 9.17) is 9.72 Å². The minimum atomic E-state index is -0.225. The molecular formula is C20H24N6O2. The van der Waals surface area contributed by atoms with Crippen molar-refractivity contribution < 1.29 is 9.53 Å². The number of morpholine rings is 1. The molecule has 5 rings (SSSR count). The minimum Gasteiger partial charge on any atom is -0.368 e. The molecule has 2 aliphatic rings. The van der Waals surface area contributed by atoms with Crippen LogP contribution in [0.3, 0.4) is 0 Å². The van der Waals surface area contributed by atoms with Crippen molar-refractivity contribution in [3.8, 4) is 0 Å². The SMILES string of the molecule is Cn1nccc1C(=O)N1CCOC(c2cn3c(N4CCCC4)cccc3n2)C1. The summed E-state index contributed by atoms with van der Waals surface area (Å²) in [5.74, 6) is 1.15. The van der Waals surface area contributed by atoms with Crippen LogP contribution in [0.1, 0.15) is 35.1 Å². The van der Waals surface area contributed by atoms with E-state index in [0.29, 0.717) is 25.4 Å². The van der Waals surface area contributed by atoms with Crippen LogP contribution in [0.5, 0.6) is 0 Å². The van der Waals surface area contributed by atoms with Gasteiger partial charge < -0.3 is 14.5 Å². The summed E-state index contributed by atoms with van der Waals surface area (Å²) in [7, 11) is 1.78. The van der Waals surface area contributed by atoms with Crippen molar-refractivity contribution in [1.82, 2.24) is 24.1 Å². The maximum atomic E-state index is 12.8. The number of imidazole rings is 1. The number of fused-ring (bicyclic) bond motifs is 1. The Balaban J connectivity index is 1.41. The van der Waals surface area contributed by atoms with E-state index in [1.54, 1.807) is 24.0 Å². The molecule has 0 aliphatic carbocycles. The lowest BCUT2D eigenvalue weighted by atomic mass is 10.2. The Kier molecular flexibility index (Phi) is 4.27. The maximum Gasteiger partial charge on any atom is 0.272 e. The molecule has 0 spiro atoms. The van der Waals surface area contributed by atoms with Gasteiger partial charge in [0.1, 0.15) is 23.3 Å². The Hall–Kier alpha value is -2.87. The van der Waals surface area contributed by atoms with E-state index in [1.807, 2.05) is 11.0 Å². The van der Waals surface area contributed by atoms with Crippen LogP contribution in [0.2, 0.25) is 0 Å². The average Bonchev–Trinajstić information content (AvgIpc) is 3.47. The molecule has 0 aromatic carbocycles. The van der Waals surface area contributed by atoms with Crippen LogP contribution in [0, 0.1) is 0 Å². The van der Waals surface area contributed by atoms with Gasteiger partial charge in [0.05, 0.1) is 18.8 Å². The third-order valence-corrected chi connectivity index (χ3v) is 5.64. The van der Waals surface area contributed by atoms with Crippen molar-refractivity contribution in [2.45, 2.75) is 18.9 Å². The van der Waals surface area contributed by atoms with Crippen molar-refractivity contribution in [2.75, 3.05) is 37.7 Å². The fourth-order valence-electron chi connectivity index (χ4n) is 4.13. The van der Waals surface area contributed by atoms with Gasteiger partial charge >= 0.3 is 0 Å². The Morgan fingerprint density at radius 1 is 1.18 bits per heavy atom. The third kappa shape index (κ3) is 2.93. The van der Waals surface area contributed by atoms with E-state index in [2.05, 4.69) is 32.7 Å². The summed E-state index contributed by atoms with van der Waals surface area (Å²) < 4.78 is 9.74. The first kappa shape index (κ1) is 17.2. The van der Waals surface area contributed by atoms with Crippen LogP contribution < -0.4 is 4.90 Å². The van der Waals surface area contributed by atoms with Gasteiger partial charge in [0.2, 0.25) is 0 Å². The smallest absolute Gasteiger partial charge is 0.272 e. The quantitative estimate of drug-likeness (QED) is 0.694. The molecule has 2 fully saturated rings. The molecular weight excluding hydrogens is 356 g/mol. The molecule has 1 unspecified atom stereocenters. The number of aryl methyl sites for hydroxylation is 1. The molecule has 8 nitrogen and oxygen atoms in total. The fraction of sp³-hybridized carbons (Fsp3) is 0.450. The first-order chi connectivity index (χ1) is 13.7. The molecule has 1 amide bonds. The molecule has 2 aliphatic heterocycles. The molecule has 0 bridgehead atoms. The number of rotatable bonds is 3. The van der Waals surface area contributed by atoms with Gasteiger partial charge in [0.15, 0.2) is 0 Å². The van der Waals surface area contributed by atoms with E-state index >= 15 is 0 Å². The average molecular weight is 380 g/mol. The first-order valence-electron chi connectivity index (χ1n) is 9.82. The summed E-state index contributed by atoms with van der Waals surface area (Å²) in [6.07, 6.45) is 5.94. The van der Waals surface area contributed by atoms with Gasteiger partial charge in [-0.15, -0.1) is 0 Å². The molecule has 5 heterocycles. The monoisotopic (exact) mass is 380 g/mol. The van der Waals surface area contributed by atoms with E-state index in [0.717, 1.165) is 24.4 Å². The summed E-state index contributed by atoms with van der Waals surface area (Å²) in [6, 6.07) is 7.97. The second-order valence-corrected chi connectivity index (χ2v) is 7.42. The number of hydrogen-bond acceptors (Lipinski definition) is 5. The lowest BCUT2D eigenvalue weighted by Gasteiger charge is -2.32. The predicted octanol–water partition coefficient (Wildman–Crippen LogP) is 1.88. The maximum absolute atomic E-state index is 12.8. The summed E-state index contributed by atoms with van der Waals surface area (Å²) in [5.41, 5.74) is 2.37. The zero-order valence-electron chi connectivity index (χ0n) is 16.0. The van der Waals surface area contributed by atoms with Crippen LogP contribution in [-0.4, -0.2) is 62.8 Å². The van der Waals surface area contributed by atoms with Crippen LogP contribution >= 0.6 is 0 Å². The van der Waals surface area contributed by atoms with Gasteiger partial charge in [-0.3, -0.25) is 13.9 Å². The van der Waals surface area contributed by atoms with Crippen molar-refractivity contribution >= 4 is 17.4 Å². The number of carbonyl (C=O) groups is 1. The number of hydrogen-bond donors (Lipinski definition) is 0. The van der Waals surface area contributed by atoms with Gasteiger partial charge in [0.25, 0.3) is 5.91 Å². The third-order valence-electron chi connectivity index (χ3n) is 5.64. The summed E-state index contributed by atoms with van der Waals surface area (Å²) in [6.45, 7) is 3.74. The topological polar surface area (TPSA) is 67.9 Å². The van der Waals surface area contributed by atoms with Crippen LogP contribution in [0.4, 0.5) is 5.82 Å². The van der Waals surface area contributed by atoms with Crippen LogP contribution in [0.25, 0.3) is 5.65 Å². The van der Waals surface area contributed by atoms with E-state index in [9.17, 15) is 4.79 Å². The molecule has 0 radical (unpaired) electrons. The van der Waals surface area contributed by atoms with Gasteiger partial charge in [-0.05, 0) is 31.0 Å². The lowest BCUT2D eigenvalue weighted by molar-refractivity contribution is -0.0248. The van der Waals surface area contributed by atoms with Crippen LogP contribution in [-0.2, 0) is 11.8 Å². The van der Waals surface area contributed by atoms with E-state index < -0.39 is 0 Å². The largest absolute Gasteiger partial charge is 0.368 e. The summed E-state index contributed by atoms with van der Waals surface area (Å²) in [5, 5.41) is 4.10. The van der Waals surface area contributed by atoms with Gasteiger partial charge in [0, 0.05) is 39.1 Å². The number of carbonyl (C=O) groups excluding carboxylic acids is 1. The second kappa shape index (κ2) is 6.94. The molecule has 8 heteroatoms. The fourth-order valence-corrected chi connectivity index (χ4v) is 4.13. The highest BCUT2D eigenvalue weighted by molar-refractivity contribution is 5.92. The first-order valence-corrected chi connectivity index (χ1v) is 9.82. The Morgan fingerprint density at radius 2 is 2.04 bits per heavy atom. The summed E-state index contributed by atoms with van der Waals surface area (Å²) >= 11 is 0. The molecule has 3 aromatic rings. The lowest BCUT2D eigenvalue weighted by Crippen LogP contribution is -2.43. The van der Waals surface area contributed by atoms with Crippen molar-refractivity contribution in [1.29, 1.82) is 0 Å². The number of pyridine rings is 1. The highest BCUT2D eigenvalue weighted by atomic mass is 16.5. The molecule has 0 saturated carbocycles. The zero-order valence-corrected chi connectivity index (χ0v) is 16.0. The molecule has 28 heavy (non-hydrogen) atoms. The molecule has 0 N–H and O–H groups in total. The molecule has 1 atom stereocenters. The number of anilines is 1. The number of aromatic nitrogens is 4. The highest BCUT2D eigenvalue weighted by Gasteiger charge is 2.29. The highest BCUT2D eigenvalue weighted by Crippen LogP contribution is 2.27. The summed E-state index contributed by atoms with van der Waals surface area (Å²) in [4.78, 5) is 21.9. The predicted molar refractivity (Wildman–Crippen MR) is 104 cm³/mol. The van der Waals surface area contributed by atoms with Gasteiger partial charge in [-0.1, -0.05) is 6.07 Å². The Labute approximate surface area is 163 Å². The van der Waals surface area contributed by atoms with Gasteiger partial charge in [-0.2, -0.15) is 5.10 Å². The minimum absolute atomic E-state index is 0.0187. The Morgan fingerprint density at radius 3 is 2.82 bits per heavy atom. The number of amides is 1. The molecule has 2 saturated heterocycles. The second-order valence-electron chi connectivity index (χ2n) is 7.42. The standard InChI is InChI=1S/C20H24N6O2/c1-23-16(7-8-21-23)20(27)25-11-12-28-17(14-25)15-13-26-18(22-15)5-4-6-19(26)24-9-2-3-10-24/h4-8,13,17H,2-3,9-12,14H2,1H3. The van der Waals surface area contributed by atoms with Crippen molar-refractivity contribution in [3.63, 3.8) is 0 Å². The van der Waals surface area contributed by atoms with E-state index in [-0.39, 0.29) is 12.0 Å². The molecule has 3 aromatic heterocycles. The van der Waals surface area contributed by atoms with Crippen LogP contribution in [0.15, 0.2) is 36.7 Å². The van der Waals surface area contributed by atoms with Crippen molar-refractivity contribution in [2.24, 2.45) is 7.05 Å². The van der Waals surface area contributed by atoms with E-state index in [1.165, 1.54) is 18.7 Å². The Bertz CT molecular complexity index is 1000. The normalized spacial score (nSPS) is 20.2. The zero-order chi connectivity index (χ0) is 19.1. The molecule has 146 valence electrons. The number of nitrogens with zero attached hydrogens (tertiary/aromatic N) is 6. The van der Waals surface area contributed by atoms with Gasteiger partial charge in [-0.25, -0.2) is 4.98 Å². The van der Waals surface area contributed by atoms with Crippen molar-refractivity contribution in [3.05, 3.63) is 48.0 Å². The number of ether oxygens (including phenoxy) is 1.